The van der Waals surface area contributed by atoms with Crippen molar-refractivity contribution in [2.45, 2.75) is 45.4 Å². The number of aliphatic carboxylic acids is 1. The van der Waals surface area contributed by atoms with Crippen LogP contribution in [0, 0.1) is 11.8 Å². The number of aliphatic hydroxyl groups excluding tert-OH is 1. The van der Waals surface area contributed by atoms with E-state index in [1.165, 1.54) is 16.7 Å². The van der Waals surface area contributed by atoms with Crippen LogP contribution in [-0.2, 0) is 16.0 Å². The zero-order valence-electron chi connectivity index (χ0n) is 19.0. The van der Waals surface area contributed by atoms with Gasteiger partial charge in [-0.15, -0.1) is 16.9 Å². The number of aromatic nitrogens is 3. The van der Waals surface area contributed by atoms with Crippen LogP contribution >= 0.6 is 11.8 Å². The Kier molecular flexibility index (Phi) is 6.50. The summed E-state index contributed by atoms with van der Waals surface area (Å²) in [7, 11) is 0. The normalized spacial score (nSPS) is 23.5. The van der Waals surface area contributed by atoms with Crippen molar-refractivity contribution in [3.05, 3.63) is 57.9 Å². The van der Waals surface area contributed by atoms with E-state index in [4.69, 9.17) is 5.11 Å². The zero-order chi connectivity index (χ0) is 24.7. The number of hydrogen-bond acceptors (Lipinski definition) is 7. The van der Waals surface area contributed by atoms with Crippen LogP contribution in [0.15, 0.2) is 41.1 Å². The maximum absolute atomic E-state index is 12.4. The second-order valence-electron chi connectivity index (χ2n) is 8.66. The van der Waals surface area contributed by atoms with Crippen molar-refractivity contribution in [1.82, 2.24) is 19.9 Å². The molecule has 2 aliphatic rings. The molecule has 0 aliphatic carbocycles. The molecule has 1 fully saturated rings. The van der Waals surface area contributed by atoms with Crippen molar-refractivity contribution in [2.75, 3.05) is 5.75 Å². The molecule has 0 saturated carbocycles. The molecule has 2 aromatic rings. The molecule has 0 radical (unpaired) electrons. The van der Waals surface area contributed by atoms with Gasteiger partial charge in [-0.1, -0.05) is 24.3 Å². The Labute approximate surface area is 200 Å². The minimum Gasteiger partial charge on any atom is -0.478 e. The lowest BCUT2D eigenvalue weighted by atomic mass is 9.79. The molecule has 4 rings (SSSR count). The Hall–Kier alpha value is -3.18. The van der Waals surface area contributed by atoms with Gasteiger partial charge in [0.2, 0.25) is 5.91 Å². The number of amides is 1. The van der Waals surface area contributed by atoms with Crippen molar-refractivity contribution in [2.24, 2.45) is 11.8 Å². The summed E-state index contributed by atoms with van der Waals surface area (Å²) in [4.78, 5) is 37.3. The Morgan fingerprint density at radius 2 is 1.82 bits per heavy atom. The van der Waals surface area contributed by atoms with Crippen molar-refractivity contribution in [3.63, 3.8) is 0 Å². The third kappa shape index (κ3) is 4.09. The first-order valence-corrected chi connectivity index (χ1v) is 12.0. The fraction of sp³-hybridized carbons (Fsp3) is 0.435. The van der Waals surface area contributed by atoms with Crippen LogP contribution in [-0.4, -0.2) is 71.0 Å². The number of aryl methyl sites for hydroxylation is 1. The van der Waals surface area contributed by atoms with Crippen LogP contribution in [0.25, 0.3) is 0 Å². The lowest BCUT2D eigenvalue weighted by Crippen LogP contribution is -2.63. The number of β-lactam (4-membered cyclic amide) rings is 1. The summed E-state index contributed by atoms with van der Waals surface area (Å²) in [6.45, 7) is 5.39. The minimum atomic E-state index is -1.14. The van der Waals surface area contributed by atoms with Crippen molar-refractivity contribution >= 4 is 29.6 Å². The summed E-state index contributed by atoms with van der Waals surface area (Å²) in [5.74, 6) is -2.64. The lowest BCUT2D eigenvalue weighted by molar-refractivity contribution is -0.163. The molecule has 10 nitrogen and oxygen atoms in total. The predicted molar refractivity (Wildman–Crippen MR) is 123 cm³/mol. The van der Waals surface area contributed by atoms with E-state index in [2.05, 4.69) is 10.3 Å². The number of carboxylic acid groups (broad SMARTS) is 2. The van der Waals surface area contributed by atoms with Crippen LogP contribution in [0.3, 0.4) is 0 Å². The molecule has 0 bridgehead atoms. The van der Waals surface area contributed by atoms with E-state index in [1.807, 2.05) is 20.0 Å². The van der Waals surface area contributed by atoms with Gasteiger partial charge in [0.05, 0.1) is 35.4 Å². The number of carboxylic acids is 2. The quantitative estimate of drug-likeness (QED) is 0.453. The second kappa shape index (κ2) is 9.22. The molecule has 3 N–H and O–H groups in total. The number of fused-ring (bicyclic) bond motifs is 1. The zero-order valence-corrected chi connectivity index (χ0v) is 19.8. The molecule has 1 aromatic heterocycles. The first-order valence-electron chi connectivity index (χ1n) is 11.0. The average Bonchev–Trinajstić information content (AvgIpc) is 3.35. The number of aliphatic hydroxyl groups is 1. The number of hydrogen-bond donors (Lipinski definition) is 3. The van der Waals surface area contributed by atoms with E-state index in [9.17, 15) is 24.6 Å². The SMILES string of the molecule is CC(c1ccc(C(=O)O)cc1)n1cc(CCSC2=C(C(=O)O)N3C(=O)[C@H]([C@@H](C)O)[C@H]3[C@H]2C)nn1. The van der Waals surface area contributed by atoms with E-state index in [0.717, 1.165) is 11.3 Å². The van der Waals surface area contributed by atoms with E-state index in [1.54, 1.807) is 35.9 Å². The fourth-order valence-electron chi connectivity index (χ4n) is 4.66. The highest BCUT2D eigenvalue weighted by Crippen LogP contribution is 2.50. The number of thioether (sulfide) groups is 1. The Morgan fingerprint density at radius 3 is 2.41 bits per heavy atom. The highest BCUT2D eigenvalue weighted by atomic mass is 32.2. The monoisotopic (exact) mass is 486 g/mol. The van der Waals surface area contributed by atoms with E-state index < -0.39 is 24.0 Å². The number of benzene rings is 1. The summed E-state index contributed by atoms with van der Waals surface area (Å²) in [6.07, 6.45) is 1.55. The summed E-state index contributed by atoms with van der Waals surface area (Å²) in [5, 5.41) is 37.1. The Morgan fingerprint density at radius 1 is 1.15 bits per heavy atom. The van der Waals surface area contributed by atoms with Gasteiger partial charge in [0.15, 0.2) is 0 Å². The summed E-state index contributed by atoms with van der Waals surface area (Å²) in [5.41, 5.74) is 1.88. The Bertz CT molecular complexity index is 1160. The van der Waals surface area contributed by atoms with Gasteiger partial charge < -0.3 is 20.2 Å². The van der Waals surface area contributed by atoms with Gasteiger partial charge in [-0.25, -0.2) is 14.3 Å². The molecule has 1 unspecified atom stereocenters. The highest BCUT2D eigenvalue weighted by molar-refractivity contribution is 8.03. The van der Waals surface area contributed by atoms with Crippen LogP contribution in [0.2, 0.25) is 0 Å². The number of rotatable bonds is 9. The molecule has 5 atom stereocenters. The molecule has 180 valence electrons. The standard InChI is InChI=1S/C23H26N4O6S/c1-11-18-17(13(3)28)21(29)27(18)19(23(32)33)20(11)34-9-8-16-10-26(25-24-16)12(2)14-4-6-15(7-5-14)22(30)31/h4-7,10-13,17-18,28H,8-9H2,1-3H3,(H,30,31)(H,32,33)/t11-,12?,13-,17-,18-/m1/s1. The molecule has 3 heterocycles. The third-order valence-corrected chi connectivity index (χ3v) is 7.81. The van der Waals surface area contributed by atoms with E-state index in [0.29, 0.717) is 17.1 Å². The molecule has 0 spiro atoms. The maximum Gasteiger partial charge on any atom is 0.353 e. The largest absolute Gasteiger partial charge is 0.478 e. The van der Waals surface area contributed by atoms with Crippen molar-refractivity contribution in [1.29, 1.82) is 0 Å². The molecule has 1 amide bonds. The van der Waals surface area contributed by atoms with Gasteiger partial charge >= 0.3 is 11.9 Å². The summed E-state index contributed by atoms with van der Waals surface area (Å²) < 4.78 is 1.70. The lowest BCUT2D eigenvalue weighted by Gasteiger charge is -2.46. The second-order valence-corrected chi connectivity index (χ2v) is 9.80. The fourth-order valence-corrected chi connectivity index (χ4v) is 5.91. The van der Waals surface area contributed by atoms with Crippen LogP contribution < -0.4 is 0 Å². The van der Waals surface area contributed by atoms with Crippen LogP contribution in [0.4, 0.5) is 0 Å². The summed E-state index contributed by atoms with van der Waals surface area (Å²) in [6, 6.07) is 6.13. The van der Waals surface area contributed by atoms with Crippen molar-refractivity contribution < 1.29 is 29.7 Å². The first kappa shape index (κ1) is 24.0. The third-order valence-electron chi connectivity index (χ3n) is 6.52. The smallest absolute Gasteiger partial charge is 0.353 e. The summed E-state index contributed by atoms with van der Waals surface area (Å²) >= 11 is 1.40. The predicted octanol–water partition coefficient (Wildman–Crippen LogP) is 2.01. The van der Waals surface area contributed by atoms with Gasteiger partial charge in [0.25, 0.3) is 0 Å². The highest BCUT2D eigenvalue weighted by Gasteiger charge is 2.59. The number of nitrogens with zero attached hydrogens (tertiary/aromatic N) is 4. The molecular formula is C23H26N4O6S. The number of carbonyl (C=O) groups excluding carboxylic acids is 1. The molecule has 2 aliphatic heterocycles. The van der Waals surface area contributed by atoms with Crippen LogP contribution in [0.5, 0.6) is 0 Å². The molecule has 34 heavy (non-hydrogen) atoms. The molecule has 1 aromatic carbocycles. The van der Waals surface area contributed by atoms with Gasteiger partial charge in [-0.05, 0) is 31.5 Å². The van der Waals surface area contributed by atoms with Crippen molar-refractivity contribution in [3.8, 4) is 0 Å². The number of aromatic carboxylic acids is 1. The van der Waals surface area contributed by atoms with E-state index in [-0.39, 0.29) is 35.2 Å². The first-order chi connectivity index (χ1) is 16.1. The van der Waals surface area contributed by atoms with Gasteiger partial charge in [-0.3, -0.25) is 4.79 Å². The molecule has 11 heteroatoms. The average molecular weight is 487 g/mol. The minimum absolute atomic E-state index is 0.0199. The van der Waals surface area contributed by atoms with Gasteiger partial charge in [0.1, 0.15) is 5.70 Å². The van der Waals surface area contributed by atoms with Crippen LogP contribution in [0.1, 0.15) is 48.4 Å². The topological polar surface area (TPSA) is 146 Å². The molecular weight excluding hydrogens is 460 g/mol. The van der Waals surface area contributed by atoms with E-state index >= 15 is 0 Å². The molecule has 1 saturated heterocycles. The Balaban J connectivity index is 1.41. The van der Waals surface area contributed by atoms with Gasteiger partial charge in [0, 0.05) is 29.2 Å². The maximum atomic E-state index is 12.4. The number of carbonyl (C=O) groups is 3. The van der Waals surface area contributed by atoms with Gasteiger partial charge in [-0.2, -0.15) is 0 Å².